The Hall–Kier alpha value is -3.26. The largest absolute Gasteiger partial charge is 0.382 e. The number of rotatable bonds is 21. The molecule has 0 aromatic heterocycles. The summed E-state index contributed by atoms with van der Waals surface area (Å²) in [6.07, 6.45) is 26.3. The minimum atomic E-state index is -0.0770. The van der Waals surface area contributed by atoms with Crippen molar-refractivity contribution in [2.45, 2.75) is 196 Å². The molecule has 3 aliphatic rings. The van der Waals surface area contributed by atoms with Crippen molar-refractivity contribution in [3.05, 3.63) is 86.2 Å². The SMILES string of the molecule is C#CCCC(NC(=C)C1[C@@H](C(C)(C)C)CCN1C(=C)C(NC(=C)NC(CCC(=C)C)C1CCCCC1)C1CCCCC1)C(=C)C(=C)NCC=C.CC.CC.CCC. The minimum absolute atomic E-state index is 0.0770. The quantitative estimate of drug-likeness (QED) is 0.0530. The third-order valence-corrected chi connectivity index (χ3v) is 11.7. The van der Waals surface area contributed by atoms with Gasteiger partial charge in [0.1, 0.15) is 0 Å². The maximum absolute atomic E-state index is 5.75. The van der Waals surface area contributed by atoms with Gasteiger partial charge in [-0.1, -0.05) is 152 Å². The second-order valence-electron chi connectivity index (χ2n) is 17.4. The summed E-state index contributed by atoms with van der Waals surface area (Å²) >= 11 is 0. The van der Waals surface area contributed by atoms with Crippen molar-refractivity contribution >= 4 is 0 Å². The van der Waals surface area contributed by atoms with E-state index in [4.69, 9.17) is 19.6 Å². The van der Waals surface area contributed by atoms with Gasteiger partial charge in [-0.3, -0.25) is 0 Å². The fourth-order valence-electron chi connectivity index (χ4n) is 8.78. The van der Waals surface area contributed by atoms with Gasteiger partial charge in [-0.15, -0.1) is 25.5 Å². The van der Waals surface area contributed by atoms with Crippen molar-refractivity contribution in [1.82, 2.24) is 26.2 Å². The van der Waals surface area contributed by atoms with Crippen molar-refractivity contribution in [3.63, 3.8) is 0 Å². The second-order valence-corrected chi connectivity index (χ2v) is 17.4. The number of terminal acetylenes is 1. The molecule has 1 saturated heterocycles. The summed E-state index contributed by atoms with van der Waals surface area (Å²) in [6, 6.07) is 0.516. The Balaban J connectivity index is 0.00000420. The van der Waals surface area contributed by atoms with Gasteiger partial charge in [0.15, 0.2) is 0 Å². The van der Waals surface area contributed by atoms with Gasteiger partial charge in [-0.2, -0.15) is 0 Å². The predicted octanol–water partition coefficient (Wildman–Crippen LogP) is 13.3. The van der Waals surface area contributed by atoms with Crippen LogP contribution < -0.4 is 21.3 Å². The van der Waals surface area contributed by atoms with Crippen LogP contribution in [0.4, 0.5) is 0 Å². The summed E-state index contributed by atoms with van der Waals surface area (Å²) < 4.78 is 0. The molecule has 2 aliphatic carbocycles. The number of likely N-dealkylation sites (tertiary alicyclic amines) is 1. The van der Waals surface area contributed by atoms with Crippen LogP contribution in [-0.4, -0.2) is 42.2 Å². The van der Waals surface area contributed by atoms with Gasteiger partial charge in [0.05, 0.1) is 23.9 Å². The topological polar surface area (TPSA) is 51.4 Å². The highest BCUT2D eigenvalue weighted by atomic mass is 15.3. The molecule has 0 amide bonds. The summed E-state index contributed by atoms with van der Waals surface area (Å²) in [6.45, 7) is 54.1. The van der Waals surface area contributed by atoms with Crippen molar-refractivity contribution in [1.29, 1.82) is 0 Å². The van der Waals surface area contributed by atoms with E-state index >= 15 is 0 Å². The molecule has 0 aromatic carbocycles. The van der Waals surface area contributed by atoms with Crippen molar-refractivity contribution in [2.24, 2.45) is 23.2 Å². The molecular formula is C52H93N5. The van der Waals surface area contributed by atoms with E-state index in [1.54, 1.807) is 0 Å². The number of nitrogens with zero attached hydrogens (tertiary/aromatic N) is 1. The van der Waals surface area contributed by atoms with Crippen LogP contribution in [0.25, 0.3) is 0 Å². The van der Waals surface area contributed by atoms with Gasteiger partial charge in [0.25, 0.3) is 0 Å². The first-order chi connectivity index (χ1) is 27.2. The standard InChI is InChI=1S/C45H73N5.C3H8.2C2H6/c1-13-15-26-41(33(5)34(6)46-30-14-2)47-35(7)44-40(45(10,11)12)29-31-50(44)36(8)43(39-24-20-17-21-25-39)49-37(9)48-42(28-27-32(3)4)38-22-18-16-19-23-38;1-3-2;2*1-2/h1,14,38-44,46-49H,2-3,5-9,15-31H2,4,10-12H3;3H2,1-2H3;2*1-2H3/t40-,41?,42?,43?,44?;;;/m0.../s1. The fraction of sp³-hybridized carbons (Fsp3) is 0.692. The Bertz CT molecular complexity index is 1250. The molecule has 1 heterocycles. The highest BCUT2D eigenvalue weighted by molar-refractivity contribution is 5.32. The molecule has 3 rings (SSSR count). The molecule has 4 N–H and O–H groups in total. The Morgan fingerprint density at radius 1 is 0.807 bits per heavy atom. The van der Waals surface area contributed by atoms with Gasteiger partial charge in [0, 0.05) is 42.6 Å². The van der Waals surface area contributed by atoms with E-state index in [1.807, 2.05) is 33.8 Å². The third-order valence-electron chi connectivity index (χ3n) is 11.7. The summed E-state index contributed by atoms with van der Waals surface area (Å²) in [7, 11) is 0. The molecule has 57 heavy (non-hydrogen) atoms. The zero-order valence-corrected chi connectivity index (χ0v) is 39.3. The minimum Gasteiger partial charge on any atom is -0.382 e. The molecule has 5 nitrogen and oxygen atoms in total. The van der Waals surface area contributed by atoms with E-state index in [1.165, 1.54) is 76.2 Å². The Kier molecular flexibility index (Phi) is 28.2. The first-order valence-electron chi connectivity index (χ1n) is 23.1. The molecule has 0 radical (unpaired) electrons. The first kappa shape index (κ1) is 53.7. The van der Waals surface area contributed by atoms with E-state index < -0.39 is 0 Å². The van der Waals surface area contributed by atoms with Gasteiger partial charge >= 0.3 is 0 Å². The maximum atomic E-state index is 5.75. The molecule has 326 valence electrons. The summed E-state index contributed by atoms with van der Waals surface area (Å²) in [5.74, 6) is 5.36. The maximum Gasteiger partial charge on any atom is 0.0920 e. The predicted molar refractivity (Wildman–Crippen MR) is 257 cm³/mol. The highest BCUT2D eigenvalue weighted by Crippen LogP contribution is 2.44. The molecule has 5 heteroatoms. The molecule has 2 saturated carbocycles. The van der Waals surface area contributed by atoms with Gasteiger partial charge in [-0.25, -0.2) is 0 Å². The lowest BCUT2D eigenvalue weighted by molar-refractivity contribution is 0.173. The molecule has 0 bridgehead atoms. The van der Waals surface area contributed by atoms with E-state index in [0.717, 1.165) is 60.7 Å². The number of nitrogens with one attached hydrogen (secondary N) is 4. The molecule has 0 aromatic rings. The Morgan fingerprint density at radius 2 is 1.35 bits per heavy atom. The second kappa shape index (κ2) is 29.9. The lowest BCUT2D eigenvalue weighted by Crippen LogP contribution is -2.51. The smallest absolute Gasteiger partial charge is 0.0920 e. The monoisotopic (exact) mass is 788 g/mol. The average molecular weight is 788 g/mol. The van der Waals surface area contributed by atoms with Crippen LogP contribution in [0.1, 0.15) is 172 Å². The van der Waals surface area contributed by atoms with Gasteiger partial charge in [0.2, 0.25) is 0 Å². The fourth-order valence-corrected chi connectivity index (χ4v) is 8.78. The number of allylic oxidation sites excluding steroid dienone is 1. The summed E-state index contributed by atoms with van der Waals surface area (Å²) in [5, 5.41) is 15.0. The van der Waals surface area contributed by atoms with Crippen molar-refractivity contribution in [3.8, 4) is 12.3 Å². The first-order valence-corrected chi connectivity index (χ1v) is 23.1. The van der Waals surface area contributed by atoms with E-state index in [2.05, 4.69) is 107 Å². The van der Waals surface area contributed by atoms with Crippen LogP contribution in [0, 0.1) is 35.5 Å². The van der Waals surface area contributed by atoms with E-state index in [9.17, 15) is 0 Å². The van der Waals surface area contributed by atoms with E-state index in [-0.39, 0.29) is 23.5 Å². The number of hydrogen-bond acceptors (Lipinski definition) is 5. The average Bonchev–Trinajstić information content (AvgIpc) is 3.68. The van der Waals surface area contributed by atoms with Crippen molar-refractivity contribution < 1.29 is 0 Å². The Morgan fingerprint density at radius 3 is 1.84 bits per heavy atom. The van der Waals surface area contributed by atoms with Crippen molar-refractivity contribution in [2.75, 3.05) is 13.1 Å². The van der Waals surface area contributed by atoms with E-state index in [0.29, 0.717) is 36.8 Å². The lowest BCUT2D eigenvalue weighted by atomic mass is 9.75. The highest BCUT2D eigenvalue weighted by Gasteiger charge is 2.45. The van der Waals surface area contributed by atoms with Crippen LogP contribution in [0.5, 0.6) is 0 Å². The molecule has 4 unspecified atom stereocenters. The van der Waals surface area contributed by atoms with Crippen LogP contribution in [0.2, 0.25) is 0 Å². The zero-order chi connectivity index (χ0) is 43.6. The van der Waals surface area contributed by atoms with Gasteiger partial charge < -0.3 is 26.2 Å². The van der Waals surface area contributed by atoms with Gasteiger partial charge in [-0.05, 0) is 87.0 Å². The summed E-state index contributed by atoms with van der Waals surface area (Å²) in [4.78, 5) is 2.57. The summed E-state index contributed by atoms with van der Waals surface area (Å²) in [5.41, 5.74) is 5.20. The van der Waals surface area contributed by atoms with Crippen LogP contribution in [0.3, 0.4) is 0 Å². The molecule has 5 atom stereocenters. The molecule has 3 fully saturated rings. The third kappa shape index (κ3) is 18.9. The van der Waals surface area contributed by atoms with Crippen LogP contribution in [-0.2, 0) is 0 Å². The molecular weight excluding hydrogens is 695 g/mol. The lowest BCUT2D eigenvalue weighted by Gasteiger charge is -2.43. The normalized spacial score (nSPS) is 19.8. The molecule has 1 aliphatic heterocycles. The van der Waals surface area contributed by atoms with Crippen LogP contribution in [0.15, 0.2) is 86.2 Å². The number of hydrogen-bond donors (Lipinski definition) is 4. The zero-order valence-electron chi connectivity index (χ0n) is 39.3. The van der Waals surface area contributed by atoms with Crippen LogP contribution >= 0.6 is 0 Å². The Labute approximate surface area is 355 Å². The molecule has 0 spiro atoms.